The minimum absolute atomic E-state index is 0.120. The van der Waals surface area contributed by atoms with Crippen molar-refractivity contribution in [1.82, 2.24) is 19.3 Å². The average molecular weight is 395 g/mol. The first-order valence-electron chi connectivity index (χ1n) is 8.44. The van der Waals surface area contributed by atoms with Crippen LogP contribution in [0.5, 0.6) is 5.75 Å². The number of hydrogen-bond acceptors (Lipinski definition) is 5. The molecular weight excluding hydrogens is 380 g/mol. The zero-order chi connectivity index (χ0) is 19.7. The smallest absolute Gasteiger partial charge is 0.264 e. The second-order valence-corrected chi connectivity index (χ2v) is 6.48. The summed E-state index contributed by atoms with van der Waals surface area (Å²) in [6.45, 7) is -0.120. The molecule has 0 radical (unpaired) electrons. The van der Waals surface area contributed by atoms with Gasteiger partial charge < -0.3 is 4.74 Å². The maximum Gasteiger partial charge on any atom is 0.264 e. The Kier molecular flexibility index (Phi) is 4.67. The highest BCUT2D eigenvalue weighted by Gasteiger charge is 2.15. The van der Waals surface area contributed by atoms with Crippen molar-refractivity contribution < 1.29 is 9.53 Å². The Labute approximate surface area is 164 Å². The maximum absolute atomic E-state index is 12.8. The molecule has 0 saturated heterocycles. The standard InChI is InChI=1S/C20H15ClN4O3/c1-28-14-8-6-13(7-9-14)18(26)11-24-12-22-19-15(20(24)27)10-23-25(19)17-5-3-2-4-16(17)21/h2-10,12H,11H2,1H3. The summed E-state index contributed by atoms with van der Waals surface area (Å²) < 4.78 is 7.87. The Hall–Kier alpha value is -3.45. The van der Waals surface area contributed by atoms with Gasteiger partial charge in [0.2, 0.25) is 0 Å². The first kappa shape index (κ1) is 17.9. The predicted octanol–water partition coefficient (Wildman–Crippen LogP) is 3.13. The van der Waals surface area contributed by atoms with Gasteiger partial charge in [-0.1, -0.05) is 23.7 Å². The zero-order valence-corrected chi connectivity index (χ0v) is 15.6. The molecule has 0 atom stereocenters. The molecule has 8 heteroatoms. The van der Waals surface area contributed by atoms with Gasteiger partial charge in [0.25, 0.3) is 5.56 Å². The van der Waals surface area contributed by atoms with E-state index in [1.807, 2.05) is 12.1 Å². The molecule has 0 N–H and O–H groups in total. The summed E-state index contributed by atoms with van der Waals surface area (Å²) in [5, 5.41) is 5.05. The molecule has 2 aromatic carbocycles. The molecule has 2 heterocycles. The summed E-state index contributed by atoms with van der Waals surface area (Å²) in [7, 11) is 1.56. The lowest BCUT2D eigenvalue weighted by Crippen LogP contribution is -2.24. The number of carbonyl (C=O) groups excluding carboxylic acids is 1. The quantitative estimate of drug-likeness (QED) is 0.486. The Balaban J connectivity index is 1.68. The summed E-state index contributed by atoms with van der Waals surface area (Å²) in [5.74, 6) is 0.452. The maximum atomic E-state index is 12.8. The number of ketones is 1. The zero-order valence-electron chi connectivity index (χ0n) is 14.9. The number of benzene rings is 2. The lowest BCUT2D eigenvalue weighted by Gasteiger charge is -2.07. The van der Waals surface area contributed by atoms with Crippen molar-refractivity contribution in [1.29, 1.82) is 0 Å². The number of carbonyl (C=O) groups is 1. The molecule has 140 valence electrons. The fraction of sp³-hybridized carbons (Fsp3) is 0.100. The van der Waals surface area contributed by atoms with Gasteiger partial charge in [0.05, 0.1) is 30.6 Å². The third kappa shape index (κ3) is 3.16. The van der Waals surface area contributed by atoms with Gasteiger partial charge >= 0.3 is 0 Å². The molecule has 0 amide bonds. The molecule has 0 aliphatic carbocycles. The Bertz CT molecular complexity index is 1230. The summed E-state index contributed by atoms with van der Waals surface area (Å²) in [6, 6.07) is 13.9. The van der Waals surface area contributed by atoms with E-state index in [1.165, 1.54) is 21.8 Å². The van der Waals surface area contributed by atoms with Crippen LogP contribution in [0.2, 0.25) is 5.02 Å². The van der Waals surface area contributed by atoms with Crippen molar-refractivity contribution >= 4 is 28.4 Å². The molecule has 4 rings (SSSR count). The van der Waals surface area contributed by atoms with E-state index in [2.05, 4.69) is 10.1 Å². The highest BCUT2D eigenvalue weighted by molar-refractivity contribution is 6.32. The molecule has 0 bridgehead atoms. The van der Waals surface area contributed by atoms with Crippen molar-refractivity contribution in [3.63, 3.8) is 0 Å². The molecule has 28 heavy (non-hydrogen) atoms. The van der Waals surface area contributed by atoms with Crippen LogP contribution in [0.1, 0.15) is 10.4 Å². The number of rotatable bonds is 5. The first-order chi connectivity index (χ1) is 13.6. The second-order valence-electron chi connectivity index (χ2n) is 6.07. The van der Waals surface area contributed by atoms with Crippen LogP contribution >= 0.6 is 11.6 Å². The van der Waals surface area contributed by atoms with Gasteiger partial charge in [-0.05, 0) is 36.4 Å². The van der Waals surface area contributed by atoms with Gasteiger partial charge in [-0.3, -0.25) is 14.2 Å². The summed E-state index contributed by atoms with van der Waals surface area (Å²) >= 11 is 6.22. The molecular formula is C20H15ClN4O3. The minimum atomic E-state index is -0.342. The number of Topliss-reactive ketones (excluding diaryl/α,β-unsaturated/α-hetero) is 1. The normalized spacial score (nSPS) is 10.9. The summed E-state index contributed by atoms with van der Waals surface area (Å²) in [5.41, 5.74) is 1.15. The second kappa shape index (κ2) is 7.28. The Morgan fingerprint density at radius 1 is 1.14 bits per heavy atom. The largest absolute Gasteiger partial charge is 0.497 e. The van der Waals surface area contributed by atoms with Crippen LogP contribution in [0.25, 0.3) is 16.7 Å². The predicted molar refractivity (Wildman–Crippen MR) is 105 cm³/mol. The fourth-order valence-corrected chi connectivity index (χ4v) is 3.10. The number of nitrogens with zero attached hydrogens (tertiary/aromatic N) is 4. The fourth-order valence-electron chi connectivity index (χ4n) is 2.88. The van der Waals surface area contributed by atoms with Gasteiger partial charge in [-0.25, -0.2) is 9.67 Å². The number of para-hydroxylation sites is 1. The first-order valence-corrected chi connectivity index (χ1v) is 8.81. The Morgan fingerprint density at radius 3 is 2.61 bits per heavy atom. The van der Waals surface area contributed by atoms with Crippen LogP contribution in [0.15, 0.2) is 65.8 Å². The molecule has 0 fully saturated rings. The topological polar surface area (TPSA) is 79.0 Å². The molecule has 0 saturated carbocycles. The van der Waals surface area contributed by atoms with Gasteiger partial charge in [0, 0.05) is 5.56 Å². The van der Waals surface area contributed by atoms with Crippen LogP contribution < -0.4 is 10.3 Å². The van der Waals surface area contributed by atoms with Gasteiger partial charge in [0.15, 0.2) is 11.4 Å². The highest BCUT2D eigenvalue weighted by Crippen LogP contribution is 2.21. The van der Waals surface area contributed by atoms with Crippen molar-refractivity contribution in [2.75, 3.05) is 7.11 Å². The van der Waals surface area contributed by atoms with Gasteiger partial charge in [0.1, 0.15) is 17.5 Å². The van der Waals surface area contributed by atoms with E-state index in [-0.39, 0.29) is 17.9 Å². The lowest BCUT2D eigenvalue weighted by atomic mass is 10.1. The van der Waals surface area contributed by atoms with Crippen molar-refractivity contribution in [2.45, 2.75) is 6.54 Å². The number of halogens is 1. The van der Waals surface area contributed by atoms with Crippen molar-refractivity contribution in [3.8, 4) is 11.4 Å². The van der Waals surface area contributed by atoms with E-state index in [4.69, 9.17) is 16.3 Å². The molecule has 2 aromatic heterocycles. The average Bonchev–Trinajstić information content (AvgIpc) is 3.15. The third-order valence-corrected chi connectivity index (χ3v) is 4.68. The number of methoxy groups -OCH3 is 1. The monoisotopic (exact) mass is 394 g/mol. The van der Waals surface area contributed by atoms with E-state index >= 15 is 0 Å². The Morgan fingerprint density at radius 2 is 1.89 bits per heavy atom. The number of hydrogen-bond donors (Lipinski definition) is 0. The van der Waals surface area contributed by atoms with Crippen LogP contribution in [-0.4, -0.2) is 32.2 Å². The molecule has 0 aliphatic heterocycles. The van der Waals surface area contributed by atoms with Crippen LogP contribution in [-0.2, 0) is 6.54 Å². The van der Waals surface area contributed by atoms with E-state index in [0.29, 0.717) is 33.1 Å². The number of ether oxygens (including phenoxy) is 1. The molecule has 0 unspecified atom stereocenters. The SMILES string of the molecule is COc1ccc(C(=O)Cn2cnc3c(cnn3-c3ccccc3Cl)c2=O)cc1. The van der Waals surface area contributed by atoms with Crippen LogP contribution in [0.3, 0.4) is 0 Å². The summed E-state index contributed by atoms with van der Waals surface area (Å²) in [6.07, 6.45) is 2.78. The summed E-state index contributed by atoms with van der Waals surface area (Å²) in [4.78, 5) is 29.6. The van der Waals surface area contributed by atoms with Crippen molar-refractivity contribution in [2.24, 2.45) is 0 Å². The molecule has 7 nitrogen and oxygen atoms in total. The van der Waals surface area contributed by atoms with E-state index in [1.54, 1.807) is 43.5 Å². The molecule has 0 aliphatic rings. The third-order valence-electron chi connectivity index (χ3n) is 4.36. The number of aromatic nitrogens is 4. The molecule has 0 spiro atoms. The molecule has 4 aromatic rings. The van der Waals surface area contributed by atoms with Crippen LogP contribution in [0.4, 0.5) is 0 Å². The van der Waals surface area contributed by atoms with E-state index in [0.717, 1.165) is 0 Å². The van der Waals surface area contributed by atoms with Crippen molar-refractivity contribution in [3.05, 3.63) is 82.0 Å². The van der Waals surface area contributed by atoms with Gasteiger partial charge in [-0.15, -0.1) is 0 Å². The lowest BCUT2D eigenvalue weighted by molar-refractivity contribution is 0.0970. The minimum Gasteiger partial charge on any atom is -0.497 e. The highest BCUT2D eigenvalue weighted by atomic mass is 35.5. The van der Waals surface area contributed by atoms with Gasteiger partial charge in [-0.2, -0.15) is 5.10 Å². The van der Waals surface area contributed by atoms with Crippen LogP contribution in [0, 0.1) is 0 Å². The number of fused-ring (bicyclic) bond motifs is 1. The van der Waals surface area contributed by atoms with E-state index in [9.17, 15) is 9.59 Å². The van der Waals surface area contributed by atoms with E-state index < -0.39 is 0 Å².